The standard InChI is InChI=1S/C8H17N.3C4H10N.Ta/c1-5-6-7(9)8(2,3)4;3*1-3-5-4-2;/h7H,5-6H2,1-4H3;3*3-4H2,1-2H3;/q;3*-1;. The van der Waals surface area contributed by atoms with Gasteiger partial charge in [0.15, 0.2) is 0 Å². The Kier molecular flexibility index (Phi) is 38.6. The van der Waals surface area contributed by atoms with E-state index in [1.54, 1.807) is 0 Å². The van der Waals surface area contributed by atoms with Crippen molar-refractivity contribution < 1.29 is 20.9 Å². The van der Waals surface area contributed by atoms with Gasteiger partial charge in [-0.05, 0) is 0 Å². The summed E-state index contributed by atoms with van der Waals surface area (Å²) in [5, 5.41) is 11.9. The van der Waals surface area contributed by atoms with Crippen LogP contribution in [0.25, 0.3) is 16.0 Å². The van der Waals surface area contributed by atoms with E-state index in [0.717, 1.165) is 39.3 Å². The Morgan fingerprint density at radius 3 is 1.00 bits per heavy atom. The van der Waals surface area contributed by atoms with Crippen molar-refractivity contribution in [2.24, 2.45) is 8.75 Å². The SMILES string of the molecule is CCCC([N]=[Ta])C(C)(C)C.CC[N-]CC.CC[N-]CC.CC[N-]CC. The van der Waals surface area contributed by atoms with Crippen molar-refractivity contribution >= 4 is 0 Å². The van der Waals surface area contributed by atoms with Gasteiger partial charge < -0.3 is 16.0 Å². The molecule has 155 valence electrons. The van der Waals surface area contributed by atoms with E-state index in [1.807, 2.05) is 41.5 Å². The molecule has 5 heteroatoms. The molecule has 0 N–H and O–H groups in total. The molecule has 0 aromatic heterocycles. The summed E-state index contributed by atoms with van der Waals surface area (Å²) < 4.78 is 4.46. The first-order chi connectivity index (χ1) is 11.8. The summed E-state index contributed by atoms with van der Waals surface area (Å²) in [6.45, 7) is 27.1. The maximum Gasteiger partial charge on any atom is -0.0844 e. The van der Waals surface area contributed by atoms with E-state index in [1.165, 1.54) is 33.7 Å². The maximum atomic E-state index is 4.46. The number of nitrogens with zero attached hydrogens (tertiary/aromatic N) is 4. The van der Waals surface area contributed by atoms with E-state index >= 15 is 0 Å². The molecule has 0 aromatic carbocycles. The summed E-state index contributed by atoms with van der Waals surface area (Å²) in [5.41, 5.74) is 0.380. The fourth-order valence-electron chi connectivity index (χ4n) is 1.61. The van der Waals surface area contributed by atoms with Gasteiger partial charge in [0.25, 0.3) is 0 Å². The first-order valence-corrected chi connectivity index (χ1v) is 11.4. The van der Waals surface area contributed by atoms with Crippen LogP contribution in [0.15, 0.2) is 3.34 Å². The van der Waals surface area contributed by atoms with Crippen LogP contribution >= 0.6 is 0 Å². The van der Waals surface area contributed by atoms with E-state index in [-0.39, 0.29) is 0 Å². The van der Waals surface area contributed by atoms with Crippen LogP contribution in [-0.2, 0) is 20.9 Å². The molecule has 0 saturated carbocycles. The molecule has 0 fully saturated rings. The van der Waals surface area contributed by atoms with E-state index in [9.17, 15) is 0 Å². The molecule has 0 aromatic rings. The molecule has 0 aliphatic carbocycles. The summed E-state index contributed by atoms with van der Waals surface area (Å²) in [7, 11) is 0. The second kappa shape index (κ2) is 29.2. The molecule has 0 bridgehead atoms. The third kappa shape index (κ3) is 40.5. The molecule has 4 nitrogen and oxygen atoms in total. The molecule has 0 rings (SSSR count). The Bertz CT molecular complexity index is 198. The van der Waals surface area contributed by atoms with Gasteiger partial charge in [-0.1, -0.05) is 41.5 Å². The predicted octanol–water partition coefficient (Wildman–Crippen LogP) is 7.13. The van der Waals surface area contributed by atoms with Crippen molar-refractivity contribution in [2.45, 2.75) is 88.1 Å². The molecular formula is C20H47N4Ta-3. The Morgan fingerprint density at radius 1 is 0.680 bits per heavy atom. The monoisotopic (exact) mass is 524 g/mol. The van der Waals surface area contributed by atoms with Crippen LogP contribution in [0.2, 0.25) is 0 Å². The Hall–Kier alpha value is 0.420. The van der Waals surface area contributed by atoms with Crippen LogP contribution in [0, 0.1) is 5.41 Å². The first-order valence-electron chi connectivity index (χ1n) is 10.0. The minimum absolute atomic E-state index is 0.380. The predicted molar refractivity (Wildman–Crippen MR) is 114 cm³/mol. The van der Waals surface area contributed by atoms with Gasteiger partial charge in [0, 0.05) is 0 Å². The Labute approximate surface area is 172 Å². The van der Waals surface area contributed by atoms with Crippen LogP contribution in [0.5, 0.6) is 0 Å². The van der Waals surface area contributed by atoms with E-state index in [4.69, 9.17) is 0 Å². The average molecular weight is 525 g/mol. The van der Waals surface area contributed by atoms with Crippen molar-refractivity contribution in [1.82, 2.24) is 0 Å². The van der Waals surface area contributed by atoms with Crippen molar-refractivity contribution in [1.29, 1.82) is 0 Å². The van der Waals surface area contributed by atoms with E-state index in [2.05, 4.69) is 47.0 Å². The molecule has 0 spiro atoms. The minimum atomic E-state index is 0.380. The fraction of sp³-hybridized carbons (Fsp3) is 1.00. The summed E-state index contributed by atoms with van der Waals surface area (Å²) in [5.74, 6) is 0. The normalized spacial score (nSPS) is 10.9. The molecule has 0 heterocycles. The van der Waals surface area contributed by atoms with Gasteiger partial charge in [0.1, 0.15) is 0 Å². The summed E-state index contributed by atoms with van der Waals surface area (Å²) in [4.78, 5) is 0. The maximum absolute atomic E-state index is 4.46. The average Bonchev–Trinajstić information content (AvgIpc) is 2.55. The smallest absolute Gasteiger partial charge is 0.0844 e. The molecule has 0 amide bonds. The summed E-state index contributed by atoms with van der Waals surface area (Å²) >= 11 is 1.18. The number of hydrogen-bond acceptors (Lipinski definition) is 1. The molecule has 0 aliphatic heterocycles. The second-order valence-electron chi connectivity index (χ2n) is 6.35. The topological polar surface area (TPSA) is 54.7 Å². The van der Waals surface area contributed by atoms with Gasteiger partial charge in [-0.2, -0.15) is 39.3 Å². The van der Waals surface area contributed by atoms with E-state index in [0.29, 0.717) is 11.5 Å². The minimum Gasteiger partial charge on any atom is -0.663 e. The Morgan fingerprint density at radius 2 is 0.960 bits per heavy atom. The fourth-order valence-corrected chi connectivity index (χ4v) is 3.27. The first kappa shape index (κ1) is 33.0. The Balaban J connectivity index is -0.000000126. The second-order valence-corrected chi connectivity index (χ2v) is 7.18. The van der Waals surface area contributed by atoms with Gasteiger partial charge in [-0.3, -0.25) is 0 Å². The largest absolute Gasteiger partial charge is 0.663 e. The van der Waals surface area contributed by atoms with Crippen LogP contribution in [0.4, 0.5) is 0 Å². The molecule has 0 radical (unpaired) electrons. The summed E-state index contributed by atoms with van der Waals surface area (Å²) in [6, 6.07) is 0.589. The quantitative estimate of drug-likeness (QED) is 0.308. The van der Waals surface area contributed by atoms with Crippen molar-refractivity contribution in [3.63, 3.8) is 0 Å². The molecule has 1 atom stereocenters. The zero-order valence-electron chi connectivity index (χ0n) is 19.0. The van der Waals surface area contributed by atoms with E-state index < -0.39 is 0 Å². The zero-order valence-corrected chi connectivity index (χ0v) is 22.2. The van der Waals surface area contributed by atoms with Gasteiger partial charge in [0.05, 0.1) is 0 Å². The zero-order chi connectivity index (χ0) is 20.6. The third-order valence-corrected chi connectivity index (χ3v) is 4.04. The molecule has 0 aliphatic rings. The van der Waals surface area contributed by atoms with Crippen molar-refractivity contribution in [3.05, 3.63) is 16.0 Å². The number of hydrogen-bond donors (Lipinski definition) is 0. The van der Waals surface area contributed by atoms with Crippen LogP contribution < -0.4 is 0 Å². The molecule has 1 unspecified atom stereocenters. The van der Waals surface area contributed by atoms with Crippen LogP contribution in [0.1, 0.15) is 82.1 Å². The van der Waals surface area contributed by atoms with Crippen LogP contribution in [0.3, 0.4) is 0 Å². The third-order valence-electron chi connectivity index (χ3n) is 3.04. The van der Waals surface area contributed by atoms with Gasteiger partial charge in [-0.15, -0.1) is 0 Å². The van der Waals surface area contributed by atoms with Gasteiger partial charge in [-0.25, -0.2) is 0 Å². The van der Waals surface area contributed by atoms with Gasteiger partial charge in [0.2, 0.25) is 0 Å². The summed E-state index contributed by atoms with van der Waals surface area (Å²) in [6.07, 6.45) is 2.50. The van der Waals surface area contributed by atoms with Crippen molar-refractivity contribution in [2.75, 3.05) is 39.3 Å². The molecule has 0 saturated heterocycles. The van der Waals surface area contributed by atoms with Gasteiger partial charge >= 0.3 is 76.2 Å². The van der Waals surface area contributed by atoms with Crippen molar-refractivity contribution in [3.8, 4) is 0 Å². The molecule has 25 heavy (non-hydrogen) atoms. The van der Waals surface area contributed by atoms with Crippen LogP contribution in [-0.4, -0.2) is 45.3 Å². The number of rotatable bonds is 9. The molecular weight excluding hydrogens is 477 g/mol.